The number of hydrogen-bond donors (Lipinski definition) is 0. The van der Waals surface area contributed by atoms with Crippen LogP contribution >= 0.6 is 0 Å². The Morgan fingerprint density at radius 2 is 2.62 bits per heavy atom. The second kappa shape index (κ2) is 3.92. The van der Waals surface area contributed by atoms with Gasteiger partial charge >= 0.3 is 0 Å². The minimum absolute atomic E-state index is 0.477. The van der Waals surface area contributed by atoms with Crippen LogP contribution in [0.1, 0.15) is 31.4 Å². The largest absolute Gasteiger partial charge is 0.379 e. The van der Waals surface area contributed by atoms with E-state index in [0.717, 1.165) is 26.1 Å². The fourth-order valence-electron chi connectivity index (χ4n) is 1.73. The van der Waals surface area contributed by atoms with Gasteiger partial charge in [0.25, 0.3) is 0 Å². The van der Waals surface area contributed by atoms with E-state index in [-0.39, 0.29) is 0 Å². The lowest BCUT2D eigenvalue weighted by Gasteiger charge is -2.06. The van der Waals surface area contributed by atoms with E-state index in [1.54, 1.807) is 0 Å². The Kier molecular flexibility index (Phi) is 2.64. The van der Waals surface area contributed by atoms with Crippen LogP contribution in [0.15, 0.2) is 12.4 Å². The Morgan fingerprint density at radius 1 is 1.69 bits per heavy atom. The molecule has 0 spiro atoms. The van der Waals surface area contributed by atoms with Gasteiger partial charge in [-0.15, -0.1) is 0 Å². The second-order valence-corrected chi connectivity index (χ2v) is 3.60. The lowest BCUT2D eigenvalue weighted by atomic mass is 10.2. The third kappa shape index (κ3) is 1.91. The molecule has 0 radical (unpaired) electrons. The average Bonchev–Trinajstić information content (AvgIpc) is 2.70. The van der Waals surface area contributed by atoms with Gasteiger partial charge in [0.15, 0.2) is 0 Å². The fraction of sp³-hybridized carbons (Fsp3) is 0.700. The van der Waals surface area contributed by atoms with E-state index >= 15 is 0 Å². The van der Waals surface area contributed by atoms with Crippen LogP contribution in [0.2, 0.25) is 0 Å². The molecule has 0 N–H and O–H groups in total. The van der Waals surface area contributed by atoms with Crippen molar-refractivity contribution in [3.05, 3.63) is 18.0 Å². The molecule has 1 fully saturated rings. The molecule has 0 saturated carbocycles. The molecule has 0 amide bonds. The summed E-state index contributed by atoms with van der Waals surface area (Å²) in [6, 6.07) is 0.477. The van der Waals surface area contributed by atoms with E-state index in [9.17, 15) is 0 Å². The van der Waals surface area contributed by atoms with Crippen molar-refractivity contribution in [1.29, 1.82) is 0 Å². The third-order valence-corrected chi connectivity index (χ3v) is 2.47. The molecule has 3 nitrogen and oxygen atoms in total. The zero-order chi connectivity index (χ0) is 9.10. The van der Waals surface area contributed by atoms with Crippen molar-refractivity contribution in [3.8, 4) is 0 Å². The summed E-state index contributed by atoms with van der Waals surface area (Å²) in [7, 11) is 0. The first kappa shape index (κ1) is 8.75. The SMILES string of the molecule is CCCc1cnn(C2CCOC2)c1. The van der Waals surface area contributed by atoms with Crippen molar-refractivity contribution >= 4 is 0 Å². The highest BCUT2D eigenvalue weighted by Gasteiger charge is 2.17. The van der Waals surface area contributed by atoms with Crippen LogP contribution < -0.4 is 0 Å². The first-order valence-corrected chi connectivity index (χ1v) is 5.01. The van der Waals surface area contributed by atoms with Crippen molar-refractivity contribution in [2.24, 2.45) is 0 Å². The van der Waals surface area contributed by atoms with Crippen molar-refractivity contribution < 1.29 is 4.74 Å². The monoisotopic (exact) mass is 180 g/mol. The molecular formula is C10H16N2O. The van der Waals surface area contributed by atoms with Gasteiger partial charge in [0.05, 0.1) is 18.8 Å². The van der Waals surface area contributed by atoms with Gasteiger partial charge in [-0.1, -0.05) is 13.3 Å². The van der Waals surface area contributed by atoms with Crippen molar-refractivity contribution in [2.45, 2.75) is 32.2 Å². The summed E-state index contributed by atoms with van der Waals surface area (Å²) in [5.74, 6) is 0. The molecule has 1 atom stereocenters. The molecular weight excluding hydrogens is 164 g/mol. The lowest BCUT2D eigenvalue weighted by Crippen LogP contribution is -2.08. The van der Waals surface area contributed by atoms with Gasteiger partial charge in [0.1, 0.15) is 0 Å². The Labute approximate surface area is 78.7 Å². The molecule has 1 aromatic rings. The molecule has 0 aromatic carbocycles. The summed E-state index contributed by atoms with van der Waals surface area (Å²) in [6.45, 7) is 3.90. The molecule has 2 heterocycles. The highest BCUT2D eigenvalue weighted by molar-refractivity contribution is 5.04. The summed E-state index contributed by atoms with van der Waals surface area (Å²) >= 11 is 0. The summed E-state index contributed by atoms with van der Waals surface area (Å²) < 4.78 is 7.37. The summed E-state index contributed by atoms with van der Waals surface area (Å²) in [5.41, 5.74) is 1.34. The highest BCUT2D eigenvalue weighted by atomic mass is 16.5. The van der Waals surface area contributed by atoms with Crippen LogP contribution in [-0.2, 0) is 11.2 Å². The van der Waals surface area contributed by atoms with Crippen LogP contribution in [0.25, 0.3) is 0 Å². The van der Waals surface area contributed by atoms with Gasteiger partial charge in [0.2, 0.25) is 0 Å². The Morgan fingerprint density at radius 3 is 3.31 bits per heavy atom. The van der Waals surface area contributed by atoms with Crippen molar-refractivity contribution in [1.82, 2.24) is 9.78 Å². The molecule has 0 bridgehead atoms. The van der Waals surface area contributed by atoms with Crippen LogP contribution in [0.5, 0.6) is 0 Å². The van der Waals surface area contributed by atoms with E-state index in [1.165, 1.54) is 12.0 Å². The number of rotatable bonds is 3. The van der Waals surface area contributed by atoms with E-state index < -0.39 is 0 Å². The second-order valence-electron chi connectivity index (χ2n) is 3.60. The van der Waals surface area contributed by atoms with E-state index in [1.807, 2.05) is 6.20 Å². The van der Waals surface area contributed by atoms with E-state index in [2.05, 4.69) is 22.9 Å². The van der Waals surface area contributed by atoms with Crippen LogP contribution in [0.4, 0.5) is 0 Å². The first-order valence-electron chi connectivity index (χ1n) is 5.01. The van der Waals surface area contributed by atoms with Crippen molar-refractivity contribution in [2.75, 3.05) is 13.2 Å². The molecule has 1 aromatic heterocycles. The standard InChI is InChI=1S/C10H16N2O/c1-2-3-9-6-11-12(7-9)10-4-5-13-8-10/h6-7,10H,2-5,8H2,1H3. The quantitative estimate of drug-likeness (QED) is 0.709. The topological polar surface area (TPSA) is 27.1 Å². The maximum atomic E-state index is 5.32. The molecule has 1 unspecified atom stereocenters. The maximum Gasteiger partial charge on any atom is 0.0774 e. The molecule has 13 heavy (non-hydrogen) atoms. The van der Waals surface area contributed by atoms with Gasteiger partial charge in [-0.25, -0.2) is 0 Å². The van der Waals surface area contributed by atoms with E-state index in [0.29, 0.717) is 6.04 Å². The minimum Gasteiger partial charge on any atom is -0.379 e. The van der Waals surface area contributed by atoms with Gasteiger partial charge in [-0.2, -0.15) is 5.10 Å². The molecule has 1 saturated heterocycles. The average molecular weight is 180 g/mol. The number of nitrogens with zero attached hydrogens (tertiary/aromatic N) is 2. The van der Waals surface area contributed by atoms with Gasteiger partial charge < -0.3 is 4.74 Å². The van der Waals surface area contributed by atoms with Gasteiger partial charge in [-0.3, -0.25) is 4.68 Å². The summed E-state index contributed by atoms with van der Waals surface area (Å²) in [6.07, 6.45) is 7.55. The van der Waals surface area contributed by atoms with Crippen LogP contribution in [0.3, 0.4) is 0 Å². The number of aromatic nitrogens is 2. The van der Waals surface area contributed by atoms with Gasteiger partial charge in [0, 0.05) is 12.8 Å². The number of hydrogen-bond acceptors (Lipinski definition) is 2. The highest BCUT2D eigenvalue weighted by Crippen LogP contribution is 2.18. The zero-order valence-corrected chi connectivity index (χ0v) is 8.07. The third-order valence-electron chi connectivity index (χ3n) is 2.47. The Balaban J connectivity index is 2.03. The molecule has 2 rings (SSSR count). The Bertz CT molecular complexity index is 264. The minimum atomic E-state index is 0.477. The Hall–Kier alpha value is -0.830. The predicted octanol–water partition coefficient (Wildman–Crippen LogP) is 1.80. The molecule has 0 aliphatic carbocycles. The van der Waals surface area contributed by atoms with Crippen LogP contribution in [0, 0.1) is 0 Å². The lowest BCUT2D eigenvalue weighted by molar-refractivity contribution is 0.184. The predicted molar refractivity (Wildman–Crippen MR) is 50.7 cm³/mol. The van der Waals surface area contributed by atoms with Gasteiger partial charge in [-0.05, 0) is 18.4 Å². The van der Waals surface area contributed by atoms with Crippen LogP contribution in [-0.4, -0.2) is 23.0 Å². The smallest absolute Gasteiger partial charge is 0.0774 e. The summed E-state index contributed by atoms with van der Waals surface area (Å²) in [5, 5.41) is 4.35. The van der Waals surface area contributed by atoms with Crippen molar-refractivity contribution in [3.63, 3.8) is 0 Å². The molecule has 1 aliphatic heterocycles. The number of ether oxygens (including phenoxy) is 1. The molecule has 3 heteroatoms. The van der Waals surface area contributed by atoms with E-state index in [4.69, 9.17) is 4.74 Å². The maximum absolute atomic E-state index is 5.32. The zero-order valence-electron chi connectivity index (χ0n) is 8.07. The first-order chi connectivity index (χ1) is 6.40. The molecule has 72 valence electrons. The fourth-order valence-corrected chi connectivity index (χ4v) is 1.73. The number of aryl methyl sites for hydroxylation is 1. The summed E-state index contributed by atoms with van der Waals surface area (Å²) in [4.78, 5) is 0. The normalized spacial score (nSPS) is 22.4. The molecule has 1 aliphatic rings.